The highest BCUT2D eigenvalue weighted by atomic mass is 79.9. The van der Waals surface area contributed by atoms with Crippen molar-refractivity contribution in [1.29, 1.82) is 0 Å². The van der Waals surface area contributed by atoms with Gasteiger partial charge in [-0.2, -0.15) is 0 Å². The molecule has 0 aliphatic carbocycles. The zero-order chi connectivity index (χ0) is 8.36. The summed E-state index contributed by atoms with van der Waals surface area (Å²) in [5, 5.41) is 1.13. The highest BCUT2D eigenvalue weighted by molar-refractivity contribution is 9.09. The summed E-state index contributed by atoms with van der Waals surface area (Å²) in [6.07, 6.45) is 6.36. The molecule has 4 heteroatoms. The van der Waals surface area contributed by atoms with Crippen molar-refractivity contribution in [3.05, 3.63) is 0 Å². The third-order valence-electron chi connectivity index (χ3n) is 1.54. The van der Waals surface area contributed by atoms with Gasteiger partial charge in [0.2, 0.25) is 0 Å². The van der Waals surface area contributed by atoms with Crippen LogP contribution in [0.5, 0.6) is 0 Å². The molecule has 0 radical (unpaired) electrons. The van der Waals surface area contributed by atoms with Crippen molar-refractivity contribution >= 4 is 23.4 Å². The van der Waals surface area contributed by atoms with Gasteiger partial charge in [-0.25, -0.2) is 0 Å². The first-order chi connectivity index (χ1) is 5.41. The van der Waals surface area contributed by atoms with Gasteiger partial charge in [-0.05, 0) is 6.42 Å². The average Bonchev–Trinajstić information content (AvgIpc) is 2.03. The summed E-state index contributed by atoms with van der Waals surface area (Å²) in [5.74, 6) is 0. The largest absolute Gasteiger partial charge is 0.428 e. The van der Waals surface area contributed by atoms with Crippen LogP contribution in [0.3, 0.4) is 0 Å². The summed E-state index contributed by atoms with van der Waals surface area (Å²) in [6, 6.07) is 0. The van der Waals surface area contributed by atoms with Crippen LogP contribution in [0.1, 0.15) is 25.7 Å². The van der Waals surface area contributed by atoms with Gasteiger partial charge < -0.3 is 10.4 Å². The predicted octanol–water partition coefficient (Wildman–Crippen LogP) is 1.64. The lowest BCUT2D eigenvalue weighted by Gasteiger charge is -1.98. The van der Waals surface area contributed by atoms with E-state index in [1.54, 1.807) is 0 Å². The van der Waals surface area contributed by atoms with Gasteiger partial charge >= 0.3 is 0 Å². The molecular weight excluding hydrogens is 205 g/mol. The fourth-order valence-electron chi connectivity index (χ4n) is 0.912. The van der Waals surface area contributed by atoms with Crippen LogP contribution in [0.25, 0.3) is 0 Å². The van der Waals surface area contributed by atoms with Gasteiger partial charge in [0.1, 0.15) is 0 Å². The molecule has 0 saturated carbocycles. The summed E-state index contributed by atoms with van der Waals surface area (Å²) in [4.78, 5) is 0. The van der Waals surface area contributed by atoms with Crippen LogP contribution >= 0.6 is 15.9 Å². The van der Waals surface area contributed by atoms with E-state index < -0.39 is 0 Å². The first kappa shape index (κ1) is 11.5. The van der Waals surface area contributed by atoms with Crippen molar-refractivity contribution in [2.45, 2.75) is 32.0 Å². The van der Waals surface area contributed by atoms with E-state index in [0.29, 0.717) is 6.73 Å². The smallest absolute Gasteiger partial charge is 0.276 e. The van der Waals surface area contributed by atoms with Crippen LogP contribution < -0.4 is 5.73 Å². The molecule has 0 amide bonds. The predicted molar refractivity (Wildman–Crippen MR) is 54.4 cm³/mol. The van der Waals surface area contributed by atoms with Crippen molar-refractivity contribution in [2.75, 3.05) is 12.1 Å². The van der Waals surface area contributed by atoms with Crippen LogP contribution in [0.2, 0.25) is 6.32 Å². The molecule has 2 nitrogen and oxygen atoms in total. The summed E-state index contributed by atoms with van der Waals surface area (Å²) in [5.41, 5.74) is 5.16. The molecule has 0 aromatic heterocycles. The Bertz CT molecular complexity index is 67.5. The molecule has 11 heavy (non-hydrogen) atoms. The zero-order valence-electron chi connectivity index (χ0n) is 7.02. The van der Waals surface area contributed by atoms with E-state index in [0.717, 1.165) is 19.1 Å². The van der Waals surface area contributed by atoms with Crippen molar-refractivity contribution in [1.82, 2.24) is 0 Å². The van der Waals surface area contributed by atoms with Crippen LogP contribution in [-0.4, -0.2) is 19.5 Å². The number of halogens is 1. The van der Waals surface area contributed by atoms with Gasteiger partial charge in [0, 0.05) is 5.33 Å². The maximum atomic E-state index is 5.16. The highest BCUT2D eigenvalue weighted by Crippen LogP contribution is 2.04. The second-order valence-corrected chi connectivity index (χ2v) is 3.32. The van der Waals surface area contributed by atoms with E-state index in [1.807, 2.05) is 0 Å². The summed E-state index contributed by atoms with van der Waals surface area (Å²) < 4.78 is 5.01. The lowest BCUT2D eigenvalue weighted by atomic mass is 9.91. The number of unbranched alkanes of at least 4 members (excludes halogenated alkanes) is 3. The van der Waals surface area contributed by atoms with Gasteiger partial charge in [0.05, 0.1) is 6.73 Å². The summed E-state index contributed by atoms with van der Waals surface area (Å²) in [7, 11) is 0.824. The number of alkyl halides is 1. The molecule has 0 fully saturated rings. The molecule has 0 aromatic rings. The molecular formula is C7H17BBrNO. The van der Waals surface area contributed by atoms with Gasteiger partial charge in [0.15, 0.2) is 0 Å². The van der Waals surface area contributed by atoms with E-state index >= 15 is 0 Å². The molecule has 0 bridgehead atoms. The molecule has 0 aromatic carbocycles. The Morgan fingerprint density at radius 2 is 1.91 bits per heavy atom. The van der Waals surface area contributed by atoms with E-state index in [1.165, 1.54) is 25.7 Å². The first-order valence-corrected chi connectivity index (χ1v) is 5.37. The summed E-state index contributed by atoms with van der Waals surface area (Å²) >= 11 is 3.40. The lowest BCUT2D eigenvalue weighted by Crippen LogP contribution is -2.07. The molecule has 0 rings (SSSR count). The van der Waals surface area contributed by atoms with Crippen LogP contribution in [-0.2, 0) is 4.65 Å². The van der Waals surface area contributed by atoms with Crippen LogP contribution in [0.4, 0.5) is 0 Å². The minimum atomic E-state index is 0.363. The fraction of sp³-hybridized carbons (Fsp3) is 1.00. The molecule has 0 unspecified atom stereocenters. The third-order valence-corrected chi connectivity index (χ3v) is 2.10. The summed E-state index contributed by atoms with van der Waals surface area (Å²) in [6.45, 7) is 0.363. The van der Waals surface area contributed by atoms with Gasteiger partial charge in [-0.1, -0.05) is 41.5 Å². The quantitative estimate of drug-likeness (QED) is 0.293. The molecule has 0 aliphatic rings. The first-order valence-electron chi connectivity index (χ1n) is 4.25. The molecule has 0 heterocycles. The number of rotatable bonds is 8. The number of nitrogens with two attached hydrogens (primary N) is 1. The lowest BCUT2D eigenvalue weighted by molar-refractivity contribution is 0.347. The molecule has 0 saturated heterocycles. The normalized spacial score (nSPS) is 10.0. The maximum Gasteiger partial charge on any atom is 0.276 e. The molecule has 0 spiro atoms. The molecule has 0 atom stereocenters. The Morgan fingerprint density at radius 1 is 1.18 bits per heavy atom. The Labute approximate surface area is 78.3 Å². The molecule has 66 valence electrons. The Kier molecular flexibility index (Phi) is 10.9. The SMILES string of the molecule is NCOBCCCCCCBr. The molecule has 0 aliphatic heterocycles. The van der Waals surface area contributed by atoms with E-state index in [-0.39, 0.29) is 0 Å². The molecule has 2 N–H and O–H groups in total. The minimum absolute atomic E-state index is 0.363. The number of hydrogen-bond donors (Lipinski definition) is 1. The average molecular weight is 222 g/mol. The van der Waals surface area contributed by atoms with Gasteiger partial charge in [-0.15, -0.1) is 0 Å². The van der Waals surface area contributed by atoms with Gasteiger partial charge in [-0.3, -0.25) is 0 Å². The second kappa shape index (κ2) is 10.5. The zero-order valence-corrected chi connectivity index (χ0v) is 8.61. The van der Waals surface area contributed by atoms with Crippen molar-refractivity contribution in [3.63, 3.8) is 0 Å². The Morgan fingerprint density at radius 3 is 2.55 bits per heavy atom. The van der Waals surface area contributed by atoms with Crippen LogP contribution in [0, 0.1) is 0 Å². The highest BCUT2D eigenvalue weighted by Gasteiger charge is 1.91. The number of hydrogen-bond acceptors (Lipinski definition) is 2. The monoisotopic (exact) mass is 221 g/mol. The second-order valence-electron chi connectivity index (χ2n) is 2.53. The van der Waals surface area contributed by atoms with Gasteiger partial charge in [0.25, 0.3) is 7.48 Å². The van der Waals surface area contributed by atoms with Crippen LogP contribution in [0.15, 0.2) is 0 Å². The van der Waals surface area contributed by atoms with E-state index in [9.17, 15) is 0 Å². The Balaban J connectivity index is 2.69. The van der Waals surface area contributed by atoms with Crippen molar-refractivity contribution in [2.24, 2.45) is 5.73 Å². The third kappa shape index (κ3) is 10.5. The fourth-order valence-corrected chi connectivity index (χ4v) is 1.31. The topological polar surface area (TPSA) is 35.2 Å². The minimum Gasteiger partial charge on any atom is -0.428 e. The van der Waals surface area contributed by atoms with E-state index in [2.05, 4.69) is 15.9 Å². The van der Waals surface area contributed by atoms with E-state index in [4.69, 9.17) is 10.4 Å². The van der Waals surface area contributed by atoms with Crippen molar-refractivity contribution < 1.29 is 4.65 Å². The maximum absolute atomic E-state index is 5.16. The standard InChI is InChI=1S/C7H17BBrNO/c9-6-4-2-1-3-5-8-11-7-10/h8H,1-7,10H2. The Hall–Kier alpha value is 0.465. The van der Waals surface area contributed by atoms with Crippen molar-refractivity contribution in [3.8, 4) is 0 Å².